The minimum Gasteiger partial charge on any atom is -0.370 e. The van der Waals surface area contributed by atoms with E-state index in [2.05, 4.69) is 39.5 Å². The first-order valence-corrected chi connectivity index (χ1v) is 7.69. The van der Waals surface area contributed by atoms with Gasteiger partial charge in [-0.25, -0.2) is 4.98 Å². The highest BCUT2D eigenvalue weighted by Gasteiger charge is 2.16. The molecule has 0 saturated carbocycles. The number of rotatable bonds is 6. The molecule has 5 heteroatoms. The molecule has 1 aliphatic heterocycles. The summed E-state index contributed by atoms with van der Waals surface area (Å²) >= 11 is 0. The van der Waals surface area contributed by atoms with Crippen LogP contribution in [0.1, 0.15) is 31.9 Å². The number of piperidine rings is 1. The third-order valence-corrected chi connectivity index (χ3v) is 3.80. The Morgan fingerprint density at radius 3 is 2.70 bits per heavy atom. The van der Waals surface area contributed by atoms with Crippen LogP contribution < -0.4 is 10.6 Å². The third-order valence-electron chi connectivity index (χ3n) is 3.80. The fourth-order valence-corrected chi connectivity index (χ4v) is 2.49. The lowest BCUT2D eigenvalue weighted by atomic mass is 9.97. The molecule has 1 saturated heterocycles. The van der Waals surface area contributed by atoms with E-state index in [9.17, 15) is 0 Å². The number of aromatic nitrogens is 2. The molecule has 2 heterocycles. The first-order valence-electron chi connectivity index (χ1n) is 7.69. The fraction of sp³-hybridized carbons (Fsp3) is 0.733. The van der Waals surface area contributed by atoms with Crippen LogP contribution >= 0.6 is 0 Å². The van der Waals surface area contributed by atoms with Gasteiger partial charge in [0.1, 0.15) is 5.82 Å². The van der Waals surface area contributed by atoms with E-state index in [1.54, 1.807) is 0 Å². The number of hydrogen-bond acceptors (Lipinski definition) is 5. The van der Waals surface area contributed by atoms with E-state index in [4.69, 9.17) is 0 Å². The molecule has 0 unspecified atom stereocenters. The van der Waals surface area contributed by atoms with Gasteiger partial charge in [-0.05, 0) is 52.2 Å². The first-order chi connectivity index (χ1) is 9.67. The zero-order valence-electron chi connectivity index (χ0n) is 12.9. The maximum Gasteiger partial charge on any atom is 0.224 e. The van der Waals surface area contributed by atoms with E-state index in [1.165, 1.54) is 25.9 Å². The zero-order chi connectivity index (χ0) is 14.4. The van der Waals surface area contributed by atoms with Crippen molar-refractivity contribution >= 4 is 11.8 Å². The second-order valence-electron chi connectivity index (χ2n) is 5.77. The lowest BCUT2D eigenvalue weighted by molar-refractivity contribution is 0.226. The quantitative estimate of drug-likeness (QED) is 0.836. The van der Waals surface area contributed by atoms with Gasteiger partial charge in [0, 0.05) is 24.8 Å². The summed E-state index contributed by atoms with van der Waals surface area (Å²) in [5.41, 5.74) is 1.00. The van der Waals surface area contributed by atoms with Crippen LogP contribution in [0.5, 0.6) is 0 Å². The van der Waals surface area contributed by atoms with E-state index in [1.807, 2.05) is 13.0 Å². The van der Waals surface area contributed by atoms with Gasteiger partial charge >= 0.3 is 0 Å². The molecule has 0 spiro atoms. The highest BCUT2D eigenvalue weighted by Crippen LogP contribution is 2.17. The summed E-state index contributed by atoms with van der Waals surface area (Å²) in [6.07, 6.45) is 3.62. The summed E-state index contributed by atoms with van der Waals surface area (Å²) in [5, 5.41) is 6.73. The molecule has 2 N–H and O–H groups in total. The second kappa shape index (κ2) is 7.43. The highest BCUT2D eigenvalue weighted by atomic mass is 15.1. The van der Waals surface area contributed by atoms with Gasteiger partial charge in [0.05, 0.1) is 0 Å². The molecule has 0 radical (unpaired) electrons. The Balaban J connectivity index is 1.87. The molecule has 1 aliphatic rings. The minimum absolute atomic E-state index is 0.734. The first kappa shape index (κ1) is 15.0. The average molecular weight is 277 g/mol. The van der Waals surface area contributed by atoms with E-state index in [-0.39, 0.29) is 0 Å². The van der Waals surface area contributed by atoms with Crippen LogP contribution in [0.25, 0.3) is 0 Å². The lowest BCUT2D eigenvalue weighted by Gasteiger charge is -2.29. The molecule has 0 aromatic carbocycles. The summed E-state index contributed by atoms with van der Waals surface area (Å²) in [6, 6.07) is 2.02. The molecule has 1 aromatic heterocycles. The molecule has 20 heavy (non-hydrogen) atoms. The van der Waals surface area contributed by atoms with Gasteiger partial charge in [-0.1, -0.05) is 6.92 Å². The number of likely N-dealkylation sites (tertiary alicyclic amines) is 1. The molecule has 0 atom stereocenters. The van der Waals surface area contributed by atoms with Crippen molar-refractivity contribution in [1.82, 2.24) is 14.9 Å². The van der Waals surface area contributed by atoms with Gasteiger partial charge < -0.3 is 15.5 Å². The second-order valence-corrected chi connectivity index (χ2v) is 5.77. The number of aryl methyl sites for hydroxylation is 1. The van der Waals surface area contributed by atoms with E-state index in [0.717, 1.165) is 42.9 Å². The minimum atomic E-state index is 0.734. The van der Waals surface area contributed by atoms with E-state index in [0.29, 0.717) is 0 Å². The molecule has 2 rings (SSSR count). The average Bonchev–Trinajstić information content (AvgIpc) is 2.44. The van der Waals surface area contributed by atoms with Gasteiger partial charge in [-0.15, -0.1) is 0 Å². The summed E-state index contributed by atoms with van der Waals surface area (Å²) < 4.78 is 0. The van der Waals surface area contributed by atoms with Crippen molar-refractivity contribution in [2.75, 3.05) is 43.9 Å². The van der Waals surface area contributed by atoms with Crippen molar-refractivity contribution in [3.63, 3.8) is 0 Å². The molecular formula is C15H27N5. The summed E-state index contributed by atoms with van der Waals surface area (Å²) in [6.45, 7) is 8.49. The Morgan fingerprint density at radius 2 is 2.00 bits per heavy atom. The smallest absolute Gasteiger partial charge is 0.224 e. The number of hydrogen-bond donors (Lipinski definition) is 2. The largest absolute Gasteiger partial charge is 0.370 e. The molecule has 0 bridgehead atoms. The van der Waals surface area contributed by atoms with Crippen molar-refractivity contribution in [2.24, 2.45) is 5.92 Å². The van der Waals surface area contributed by atoms with Crippen LogP contribution in [0.2, 0.25) is 0 Å². The van der Waals surface area contributed by atoms with E-state index < -0.39 is 0 Å². The molecule has 0 amide bonds. The van der Waals surface area contributed by atoms with Crippen LogP contribution in [-0.2, 0) is 0 Å². The molecule has 5 nitrogen and oxygen atoms in total. The third kappa shape index (κ3) is 4.63. The fourth-order valence-electron chi connectivity index (χ4n) is 2.49. The van der Waals surface area contributed by atoms with Crippen LogP contribution in [0.3, 0.4) is 0 Å². The van der Waals surface area contributed by atoms with E-state index >= 15 is 0 Å². The van der Waals surface area contributed by atoms with Gasteiger partial charge in [0.2, 0.25) is 5.95 Å². The van der Waals surface area contributed by atoms with Crippen LogP contribution in [0, 0.1) is 12.8 Å². The summed E-state index contributed by atoms with van der Waals surface area (Å²) in [5.74, 6) is 2.43. The number of nitrogens with zero attached hydrogens (tertiary/aromatic N) is 3. The highest BCUT2D eigenvalue weighted by molar-refractivity contribution is 5.42. The summed E-state index contributed by atoms with van der Waals surface area (Å²) in [7, 11) is 2.20. The predicted molar refractivity (Wildman–Crippen MR) is 84.3 cm³/mol. The molecule has 112 valence electrons. The van der Waals surface area contributed by atoms with Crippen molar-refractivity contribution in [3.8, 4) is 0 Å². The molecule has 1 fully saturated rings. The Labute approximate surface area is 122 Å². The van der Waals surface area contributed by atoms with Crippen LogP contribution in [0.15, 0.2) is 6.07 Å². The van der Waals surface area contributed by atoms with Gasteiger partial charge in [-0.2, -0.15) is 4.98 Å². The number of nitrogens with one attached hydrogen (secondary N) is 2. The Morgan fingerprint density at radius 1 is 1.25 bits per heavy atom. The molecular weight excluding hydrogens is 250 g/mol. The van der Waals surface area contributed by atoms with Gasteiger partial charge in [0.25, 0.3) is 0 Å². The van der Waals surface area contributed by atoms with Gasteiger partial charge in [0.15, 0.2) is 0 Å². The summed E-state index contributed by atoms with van der Waals surface area (Å²) in [4.78, 5) is 11.3. The van der Waals surface area contributed by atoms with Crippen LogP contribution in [-0.4, -0.2) is 48.1 Å². The Bertz CT molecular complexity index is 413. The van der Waals surface area contributed by atoms with Crippen LogP contribution in [0.4, 0.5) is 11.8 Å². The zero-order valence-corrected chi connectivity index (χ0v) is 12.9. The monoisotopic (exact) mass is 277 g/mol. The lowest BCUT2D eigenvalue weighted by Crippen LogP contribution is -2.33. The molecule has 1 aromatic rings. The van der Waals surface area contributed by atoms with Crippen molar-refractivity contribution < 1.29 is 0 Å². The van der Waals surface area contributed by atoms with Gasteiger partial charge in [-0.3, -0.25) is 0 Å². The van der Waals surface area contributed by atoms with Crippen molar-refractivity contribution in [1.29, 1.82) is 0 Å². The SMILES string of the molecule is CCCNc1nc(C)cc(NCC2CCN(C)CC2)n1. The molecule has 0 aliphatic carbocycles. The van der Waals surface area contributed by atoms with Crippen molar-refractivity contribution in [3.05, 3.63) is 11.8 Å². The predicted octanol–water partition coefficient (Wildman–Crippen LogP) is 2.36. The standard InChI is InChI=1S/C15H27N5/c1-4-7-16-15-18-12(2)10-14(19-15)17-11-13-5-8-20(3)9-6-13/h10,13H,4-9,11H2,1-3H3,(H2,16,17,18,19). The number of anilines is 2. The van der Waals surface area contributed by atoms with Crippen molar-refractivity contribution in [2.45, 2.75) is 33.1 Å². The maximum absolute atomic E-state index is 4.53. The Kier molecular flexibility index (Phi) is 5.59. The Hall–Kier alpha value is -1.36. The topological polar surface area (TPSA) is 53.1 Å². The maximum atomic E-state index is 4.53. The normalized spacial score (nSPS) is 17.1.